The maximum absolute atomic E-state index is 13.4. The van der Waals surface area contributed by atoms with E-state index in [9.17, 15) is 19.3 Å². The fraction of sp³-hybridized carbons (Fsp3) is 0.188. The van der Waals surface area contributed by atoms with E-state index in [2.05, 4.69) is 5.32 Å². The molecule has 0 aliphatic rings. The summed E-state index contributed by atoms with van der Waals surface area (Å²) in [5, 5.41) is 13.4. The van der Waals surface area contributed by atoms with E-state index in [-0.39, 0.29) is 11.4 Å². The van der Waals surface area contributed by atoms with Crippen LogP contribution in [-0.4, -0.2) is 17.4 Å². The normalized spacial score (nSPS) is 10.2. The number of carbonyl (C=O) groups excluding carboxylic acids is 1. The smallest absolute Gasteiger partial charge is 0.310 e. The third kappa shape index (κ3) is 4.26. The van der Waals surface area contributed by atoms with Crippen molar-refractivity contribution in [3.63, 3.8) is 0 Å². The van der Waals surface area contributed by atoms with Gasteiger partial charge in [-0.2, -0.15) is 0 Å². The zero-order chi connectivity index (χ0) is 17.0. The molecule has 7 heteroatoms. The Balaban J connectivity index is 2.03. The molecular weight excluding hydrogens is 303 g/mol. The van der Waals surface area contributed by atoms with Gasteiger partial charge in [0.1, 0.15) is 5.82 Å². The Morgan fingerprint density at radius 2 is 2.00 bits per heavy atom. The van der Waals surface area contributed by atoms with Gasteiger partial charge in [-0.3, -0.25) is 14.9 Å². The number of anilines is 1. The molecule has 0 bridgehead atoms. The molecule has 0 heterocycles. The largest absolute Gasteiger partial charge is 0.477 e. The Kier molecular flexibility index (Phi) is 4.90. The summed E-state index contributed by atoms with van der Waals surface area (Å²) in [7, 11) is 0. The van der Waals surface area contributed by atoms with E-state index in [1.165, 1.54) is 24.3 Å². The average molecular weight is 318 g/mol. The molecule has 6 nitrogen and oxygen atoms in total. The van der Waals surface area contributed by atoms with Gasteiger partial charge in [-0.1, -0.05) is 12.1 Å². The highest BCUT2D eigenvalue weighted by Gasteiger charge is 2.16. The number of carbonyl (C=O) groups is 1. The molecule has 0 spiro atoms. The number of benzene rings is 2. The highest BCUT2D eigenvalue weighted by molar-refractivity contribution is 5.91. The lowest BCUT2D eigenvalue weighted by Gasteiger charge is -2.09. The van der Waals surface area contributed by atoms with Gasteiger partial charge in [0.05, 0.1) is 4.92 Å². The van der Waals surface area contributed by atoms with Gasteiger partial charge < -0.3 is 10.1 Å². The van der Waals surface area contributed by atoms with Crippen molar-refractivity contribution in [2.24, 2.45) is 0 Å². The molecule has 1 amide bonds. The van der Waals surface area contributed by atoms with Gasteiger partial charge in [0.25, 0.3) is 5.91 Å². The van der Waals surface area contributed by atoms with E-state index in [0.717, 1.165) is 5.56 Å². The van der Waals surface area contributed by atoms with Gasteiger partial charge in [0.2, 0.25) is 0 Å². The number of ether oxygens (including phenoxy) is 1. The summed E-state index contributed by atoms with van der Waals surface area (Å²) in [4.78, 5) is 22.2. The predicted molar refractivity (Wildman–Crippen MR) is 83.1 cm³/mol. The first kappa shape index (κ1) is 16.4. The van der Waals surface area contributed by atoms with E-state index >= 15 is 0 Å². The molecule has 0 saturated carbocycles. The van der Waals surface area contributed by atoms with E-state index < -0.39 is 23.3 Å². The highest BCUT2D eigenvalue weighted by Crippen LogP contribution is 2.27. The van der Waals surface area contributed by atoms with Crippen molar-refractivity contribution < 1.29 is 18.8 Å². The monoisotopic (exact) mass is 318 g/mol. The predicted octanol–water partition coefficient (Wildman–Crippen LogP) is 3.37. The minimum Gasteiger partial charge on any atom is -0.477 e. The highest BCUT2D eigenvalue weighted by atomic mass is 19.1. The number of nitro groups is 1. The topological polar surface area (TPSA) is 81.5 Å². The lowest BCUT2D eigenvalue weighted by atomic mass is 10.2. The van der Waals surface area contributed by atoms with Crippen molar-refractivity contribution in [1.29, 1.82) is 0 Å². The van der Waals surface area contributed by atoms with Crippen molar-refractivity contribution in [2.75, 3.05) is 11.9 Å². The van der Waals surface area contributed by atoms with Crippen LogP contribution in [0, 0.1) is 29.8 Å². The van der Waals surface area contributed by atoms with Crippen LogP contribution in [-0.2, 0) is 4.79 Å². The molecule has 0 radical (unpaired) electrons. The molecule has 0 unspecified atom stereocenters. The summed E-state index contributed by atoms with van der Waals surface area (Å²) in [5.74, 6) is -0.956. The van der Waals surface area contributed by atoms with Crippen LogP contribution in [0.3, 0.4) is 0 Å². The zero-order valence-electron chi connectivity index (χ0n) is 12.6. The number of hydrogen-bond acceptors (Lipinski definition) is 4. The second-order valence-corrected chi connectivity index (χ2v) is 5.03. The number of nitrogens with one attached hydrogen (secondary N) is 1. The first-order valence-electron chi connectivity index (χ1n) is 6.80. The van der Waals surface area contributed by atoms with Gasteiger partial charge in [-0.05, 0) is 43.2 Å². The third-order valence-corrected chi connectivity index (χ3v) is 3.13. The summed E-state index contributed by atoms with van der Waals surface area (Å²) in [6, 6.07) is 8.68. The molecule has 23 heavy (non-hydrogen) atoms. The Labute approximate surface area is 132 Å². The van der Waals surface area contributed by atoms with E-state index in [1.807, 2.05) is 0 Å². The van der Waals surface area contributed by atoms with Crippen LogP contribution < -0.4 is 10.1 Å². The van der Waals surface area contributed by atoms with E-state index in [0.29, 0.717) is 11.3 Å². The summed E-state index contributed by atoms with van der Waals surface area (Å²) in [6.45, 7) is 2.95. The molecule has 0 saturated heterocycles. The number of halogens is 1. The standard InChI is InChI=1S/C16H15FN2O4/c1-10-3-6-14(19(21)22)15(7-10)23-9-16(20)18-12-5-4-11(2)13(17)8-12/h3-8H,9H2,1-2H3,(H,18,20). The van der Waals surface area contributed by atoms with Crippen molar-refractivity contribution in [3.8, 4) is 5.75 Å². The summed E-state index contributed by atoms with van der Waals surface area (Å²) >= 11 is 0. The van der Waals surface area contributed by atoms with Crippen LogP contribution in [0.2, 0.25) is 0 Å². The second kappa shape index (κ2) is 6.87. The number of hydrogen-bond donors (Lipinski definition) is 1. The molecule has 0 aliphatic carbocycles. The molecule has 0 aliphatic heterocycles. The Hall–Kier alpha value is -2.96. The van der Waals surface area contributed by atoms with Crippen LogP contribution in [0.1, 0.15) is 11.1 Å². The van der Waals surface area contributed by atoms with Crippen LogP contribution in [0.15, 0.2) is 36.4 Å². The van der Waals surface area contributed by atoms with Gasteiger partial charge in [0.15, 0.2) is 12.4 Å². The molecule has 2 aromatic carbocycles. The third-order valence-electron chi connectivity index (χ3n) is 3.13. The fourth-order valence-corrected chi connectivity index (χ4v) is 1.90. The Bertz CT molecular complexity index is 762. The van der Waals surface area contributed by atoms with Gasteiger partial charge in [0, 0.05) is 11.8 Å². The van der Waals surface area contributed by atoms with Crippen molar-refractivity contribution in [2.45, 2.75) is 13.8 Å². The average Bonchev–Trinajstić information content (AvgIpc) is 2.48. The van der Waals surface area contributed by atoms with Crippen molar-refractivity contribution >= 4 is 17.3 Å². The van der Waals surface area contributed by atoms with E-state index in [4.69, 9.17) is 4.74 Å². The van der Waals surface area contributed by atoms with Crippen LogP contribution in [0.5, 0.6) is 5.75 Å². The number of nitro benzene ring substituents is 1. The van der Waals surface area contributed by atoms with Crippen molar-refractivity contribution in [1.82, 2.24) is 0 Å². The minimum atomic E-state index is -0.581. The summed E-state index contributed by atoms with van der Waals surface area (Å²) in [5.41, 5.74) is 1.31. The van der Waals surface area contributed by atoms with E-state index in [1.54, 1.807) is 26.0 Å². The number of aryl methyl sites for hydroxylation is 2. The van der Waals surface area contributed by atoms with Gasteiger partial charge in [-0.15, -0.1) is 0 Å². The molecule has 2 rings (SSSR count). The molecule has 120 valence electrons. The van der Waals surface area contributed by atoms with Crippen LogP contribution >= 0.6 is 0 Å². The number of amides is 1. The maximum Gasteiger partial charge on any atom is 0.310 e. The van der Waals surface area contributed by atoms with Gasteiger partial charge in [-0.25, -0.2) is 4.39 Å². The lowest BCUT2D eigenvalue weighted by Crippen LogP contribution is -2.20. The minimum absolute atomic E-state index is 0.0141. The molecule has 1 N–H and O–H groups in total. The molecule has 0 fully saturated rings. The first-order chi connectivity index (χ1) is 10.9. The SMILES string of the molecule is Cc1ccc([N+](=O)[O-])c(OCC(=O)Nc2ccc(C)c(F)c2)c1. The quantitative estimate of drug-likeness (QED) is 0.677. The van der Waals surface area contributed by atoms with Crippen molar-refractivity contribution in [3.05, 3.63) is 63.5 Å². The zero-order valence-corrected chi connectivity index (χ0v) is 12.6. The molecule has 2 aromatic rings. The molecule has 0 atom stereocenters. The number of nitrogens with zero attached hydrogens (tertiary/aromatic N) is 1. The first-order valence-corrected chi connectivity index (χ1v) is 6.80. The molecule has 0 aromatic heterocycles. The second-order valence-electron chi connectivity index (χ2n) is 5.03. The maximum atomic E-state index is 13.4. The number of rotatable bonds is 5. The Morgan fingerprint density at radius 3 is 2.65 bits per heavy atom. The fourth-order valence-electron chi connectivity index (χ4n) is 1.90. The van der Waals surface area contributed by atoms with Crippen LogP contribution in [0.25, 0.3) is 0 Å². The summed E-state index contributed by atoms with van der Waals surface area (Å²) < 4.78 is 18.6. The summed E-state index contributed by atoms with van der Waals surface area (Å²) in [6.07, 6.45) is 0. The van der Waals surface area contributed by atoms with Gasteiger partial charge >= 0.3 is 5.69 Å². The lowest BCUT2D eigenvalue weighted by molar-refractivity contribution is -0.385. The Morgan fingerprint density at radius 1 is 1.26 bits per heavy atom. The molecular formula is C16H15FN2O4. The van der Waals surface area contributed by atoms with Crippen LogP contribution in [0.4, 0.5) is 15.8 Å².